The Morgan fingerprint density at radius 3 is 2.70 bits per heavy atom. The molecule has 0 radical (unpaired) electrons. The normalized spacial score (nSPS) is 13.5. The van der Waals surface area contributed by atoms with Crippen LogP contribution < -0.4 is 19.3 Å². The van der Waals surface area contributed by atoms with Crippen molar-refractivity contribution in [1.82, 2.24) is 4.98 Å². The first-order valence-corrected chi connectivity index (χ1v) is 7.15. The lowest BCUT2D eigenvalue weighted by atomic mass is 10.2. The van der Waals surface area contributed by atoms with E-state index in [2.05, 4.69) is 10.1 Å². The molecule has 23 heavy (non-hydrogen) atoms. The molecule has 0 unspecified atom stereocenters. The highest BCUT2D eigenvalue weighted by atomic mass is 16.7. The molecular weight excluding hydrogens is 294 g/mol. The lowest BCUT2D eigenvalue weighted by Crippen LogP contribution is -2.37. The third-order valence-corrected chi connectivity index (χ3v) is 3.62. The molecule has 4 rings (SSSR count). The van der Waals surface area contributed by atoms with E-state index in [9.17, 15) is 5.11 Å². The summed E-state index contributed by atoms with van der Waals surface area (Å²) in [5.74, 6) is 1.64. The number of rotatable bonds is 2. The predicted molar refractivity (Wildman–Crippen MR) is 81.2 cm³/mol. The second-order valence-electron chi connectivity index (χ2n) is 5.17. The van der Waals surface area contributed by atoms with Crippen LogP contribution in [0, 0.1) is 6.92 Å². The van der Waals surface area contributed by atoms with Gasteiger partial charge in [-0.1, -0.05) is 35.4 Å². The largest absolute Gasteiger partial charge is 0.856 e. The first kappa shape index (κ1) is 13.5. The van der Waals surface area contributed by atoms with Gasteiger partial charge in [0, 0.05) is 18.9 Å². The number of hydrogen-bond donors (Lipinski definition) is 0. The zero-order chi connectivity index (χ0) is 15.8. The van der Waals surface area contributed by atoms with Gasteiger partial charge < -0.3 is 14.6 Å². The van der Waals surface area contributed by atoms with E-state index in [0.717, 1.165) is 10.9 Å². The number of nitrogens with zero attached hydrogens (tertiary/aromatic N) is 3. The summed E-state index contributed by atoms with van der Waals surface area (Å²) in [5, 5.41) is 17.2. The fourth-order valence-electron chi connectivity index (χ4n) is 2.44. The Kier molecular flexibility index (Phi) is 3.08. The molecule has 0 N–H and O–H groups in total. The number of aromatic nitrogens is 2. The molecule has 0 fully saturated rings. The van der Waals surface area contributed by atoms with Crippen molar-refractivity contribution < 1.29 is 19.3 Å². The summed E-state index contributed by atoms with van der Waals surface area (Å²) in [7, 11) is 0. The Bertz CT molecular complexity index is 923. The van der Waals surface area contributed by atoms with Crippen LogP contribution in [0.5, 0.6) is 11.5 Å². The van der Waals surface area contributed by atoms with Gasteiger partial charge in [0.25, 0.3) is 0 Å². The van der Waals surface area contributed by atoms with Crippen molar-refractivity contribution in [2.45, 2.75) is 6.92 Å². The standard InChI is InChI=1S/C17H13N3O3/c1-11-18-14-8-16-15(22-10-23-16)7-13(14)9-20(11)19-17(21)12-5-3-2-4-6-12/h2-9H,10H2,1H3. The average Bonchev–Trinajstić information content (AvgIpc) is 3.01. The highest BCUT2D eigenvalue weighted by molar-refractivity contribution is 5.90. The maximum absolute atomic E-state index is 12.2. The molecule has 0 saturated heterocycles. The summed E-state index contributed by atoms with van der Waals surface area (Å²) in [6, 6.07) is 12.6. The summed E-state index contributed by atoms with van der Waals surface area (Å²) < 4.78 is 12.2. The Morgan fingerprint density at radius 2 is 1.91 bits per heavy atom. The maximum Gasteiger partial charge on any atom is 0.320 e. The lowest BCUT2D eigenvalue weighted by Gasteiger charge is -2.08. The zero-order valence-corrected chi connectivity index (χ0v) is 12.4. The van der Waals surface area contributed by atoms with E-state index in [4.69, 9.17) is 9.47 Å². The summed E-state index contributed by atoms with van der Waals surface area (Å²) in [6.45, 7) is 2.01. The predicted octanol–water partition coefficient (Wildman–Crippen LogP) is 1.13. The maximum atomic E-state index is 12.2. The number of fused-ring (bicyclic) bond motifs is 2. The molecule has 2 heterocycles. The van der Waals surface area contributed by atoms with Crippen LogP contribution in [0.25, 0.3) is 10.9 Å². The number of ether oxygens (including phenoxy) is 2. The Morgan fingerprint density at radius 1 is 1.17 bits per heavy atom. The van der Waals surface area contributed by atoms with E-state index < -0.39 is 0 Å². The minimum atomic E-state index is -0.319. The second-order valence-corrected chi connectivity index (χ2v) is 5.17. The minimum Gasteiger partial charge on any atom is -0.856 e. The monoisotopic (exact) mass is 307 g/mol. The van der Waals surface area contributed by atoms with Crippen molar-refractivity contribution >= 4 is 16.8 Å². The fourth-order valence-corrected chi connectivity index (χ4v) is 2.44. The van der Waals surface area contributed by atoms with Gasteiger partial charge in [-0.2, -0.15) is 0 Å². The molecule has 2 aromatic carbocycles. The number of benzene rings is 2. The van der Waals surface area contributed by atoms with Gasteiger partial charge in [0.15, 0.2) is 17.0 Å². The van der Waals surface area contributed by atoms with Gasteiger partial charge in [-0.25, -0.2) is 0 Å². The fraction of sp³-hybridized carbons (Fsp3) is 0.118. The molecule has 1 aliphatic rings. The SMILES string of the molecule is Cc1nc2cc3c(cc2c[n+]1/N=C(/[O-])c1ccccc1)OCO3. The van der Waals surface area contributed by atoms with Crippen LogP contribution in [0.2, 0.25) is 0 Å². The lowest BCUT2D eigenvalue weighted by molar-refractivity contribution is -0.689. The van der Waals surface area contributed by atoms with Gasteiger partial charge in [-0.05, 0) is 16.6 Å². The summed E-state index contributed by atoms with van der Waals surface area (Å²) in [6.07, 6.45) is 1.76. The quantitative estimate of drug-likeness (QED) is 0.404. The first-order chi connectivity index (χ1) is 11.2. The highest BCUT2D eigenvalue weighted by Gasteiger charge is 2.19. The van der Waals surface area contributed by atoms with Crippen LogP contribution >= 0.6 is 0 Å². The molecule has 0 spiro atoms. The summed E-state index contributed by atoms with van der Waals surface area (Å²) >= 11 is 0. The molecule has 114 valence electrons. The summed E-state index contributed by atoms with van der Waals surface area (Å²) in [5.41, 5.74) is 1.30. The molecule has 0 aliphatic carbocycles. The van der Waals surface area contributed by atoms with E-state index in [-0.39, 0.29) is 12.7 Å². The second kappa shape index (κ2) is 5.24. The third kappa shape index (κ3) is 2.44. The van der Waals surface area contributed by atoms with Crippen molar-refractivity contribution in [3.8, 4) is 11.5 Å². The molecule has 0 saturated carbocycles. The molecule has 1 aliphatic heterocycles. The van der Waals surface area contributed by atoms with Gasteiger partial charge in [0.05, 0.1) is 5.39 Å². The van der Waals surface area contributed by atoms with E-state index >= 15 is 0 Å². The van der Waals surface area contributed by atoms with E-state index in [1.165, 1.54) is 4.68 Å². The Balaban J connectivity index is 1.81. The van der Waals surface area contributed by atoms with E-state index in [1.54, 1.807) is 37.4 Å². The Hall–Kier alpha value is -3.15. The van der Waals surface area contributed by atoms with Crippen molar-refractivity contribution in [2.24, 2.45) is 5.10 Å². The van der Waals surface area contributed by atoms with Crippen molar-refractivity contribution in [3.63, 3.8) is 0 Å². The molecule has 0 bridgehead atoms. The topological polar surface area (TPSA) is 70.7 Å². The molecule has 6 heteroatoms. The number of aryl methyl sites for hydroxylation is 1. The van der Waals surface area contributed by atoms with Gasteiger partial charge in [0.1, 0.15) is 6.20 Å². The highest BCUT2D eigenvalue weighted by Crippen LogP contribution is 2.34. The van der Waals surface area contributed by atoms with Gasteiger partial charge >= 0.3 is 5.82 Å². The zero-order valence-electron chi connectivity index (χ0n) is 12.4. The summed E-state index contributed by atoms with van der Waals surface area (Å²) in [4.78, 5) is 4.48. The smallest absolute Gasteiger partial charge is 0.320 e. The van der Waals surface area contributed by atoms with Gasteiger partial charge in [0.2, 0.25) is 6.79 Å². The molecule has 0 atom stereocenters. The van der Waals surface area contributed by atoms with E-state index in [1.807, 2.05) is 18.2 Å². The molecule has 6 nitrogen and oxygen atoms in total. The third-order valence-electron chi connectivity index (χ3n) is 3.62. The van der Waals surface area contributed by atoms with Gasteiger partial charge in [-0.15, -0.1) is 4.68 Å². The molecular formula is C17H13N3O3. The molecule has 0 amide bonds. The van der Waals surface area contributed by atoms with Crippen LogP contribution in [-0.2, 0) is 0 Å². The van der Waals surface area contributed by atoms with Crippen LogP contribution in [0.4, 0.5) is 0 Å². The van der Waals surface area contributed by atoms with Gasteiger partial charge in [-0.3, -0.25) is 0 Å². The molecule has 3 aromatic rings. The first-order valence-electron chi connectivity index (χ1n) is 7.15. The van der Waals surface area contributed by atoms with E-state index in [0.29, 0.717) is 22.9 Å². The molecule has 1 aromatic heterocycles. The minimum absolute atomic E-state index is 0.210. The van der Waals surface area contributed by atoms with Crippen molar-refractivity contribution in [3.05, 3.63) is 60.0 Å². The van der Waals surface area contributed by atoms with Crippen LogP contribution in [0.15, 0.2) is 53.8 Å². The average molecular weight is 307 g/mol. The van der Waals surface area contributed by atoms with Crippen LogP contribution in [0.3, 0.4) is 0 Å². The van der Waals surface area contributed by atoms with Crippen LogP contribution in [-0.4, -0.2) is 17.7 Å². The number of hydrogen-bond acceptors (Lipinski definition) is 5. The van der Waals surface area contributed by atoms with Crippen molar-refractivity contribution in [1.29, 1.82) is 0 Å². The Labute approximate surface area is 132 Å². The van der Waals surface area contributed by atoms with Crippen molar-refractivity contribution in [2.75, 3.05) is 6.79 Å². The van der Waals surface area contributed by atoms with Crippen LogP contribution in [0.1, 0.15) is 11.4 Å².